The molecular weight excluding hydrogens is 400 g/mol. The molecule has 1 aliphatic rings. The summed E-state index contributed by atoms with van der Waals surface area (Å²) < 4.78 is 13.4. The Balaban J connectivity index is 1.76. The SMILES string of the molecule is N#C/C(=C/c1cc(Br)c2c(c1)OCCCO2)c1nc2ccccc2s1. The van der Waals surface area contributed by atoms with Crippen molar-refractivity contribution >= 4 is 49.1 Å². The quantitative estimate of drug-likeness (QED) is 0.536. The maximum atomic E-state index is 9.60. The first-order valence-electron chi connectivity index (χ1n) is 7.81. The fourth-order valence-electron chi connectivity index (χ4n) is 2.63. The van der Waals surface area contributed by atoms with Gasteiger partial charge in [-0.15, -0.1) is 11.3 Å². The summed E-state index contributed by atoms with van der Waals surface area (Å²) in [5.74, 6) is 1.41. The molecule has 0 radical (unpaired) electrons. The van der Waals surface area contributed by atoms with E-state index < -0.39 is 0 Å². The Labute approximate surface area is 157 Å². The number of aromatic nitrogens is 1. The van der Waals surface area contributed by atoms with E-state index in [2.05, 4.69) is 27.0 Å². The van der Waals surface area contributed by atoms with E-state index in [-0.39, 0.29) is 0 Å². The van der Waals surface area contributed by atoms with Crippen LogP contribution in [0.4, 0.5) is 0 Å². The average molecular weight is 413 g/mol. The highest BCUT2D eigenvalue weighted by atomic mass is 79.9. The summed E-state index contributed by atoms with van der Waals surface area (Å²) in [4.78, 5) is 4.57. The number of nitrogens with zero attached hydrogens (tertiary/aromatic N) is 2. The normalized spacial score (nSPS) is 14.2. The molecule has 0 fully saturated rings. The van der Waals surface area contributed by atoms with Crippen molar-refractivity contribution in [2.75, 3.05) is 13.2 Å². The molecule has 2 heterocycles. The van der Waals surface area contributed by atoms with Crippen molar-refractivity contribution in [3.05, 3.63) is 51.4 Å². The second kappa shape index (κ2) is 6.87. The molecule has 0 atom stereocenters. The fraction of sp³-hybridized carbons (Fsp3) is 0.158. The molecule has 0 amide bonds. The van der Waals surface area contributed by atoms with Crippen LogP contribution in [0.3, 0.4) is 0 Å². The van der Waals surface area contributed by atoms with Gasteiger partial charge in [-0.1, -0.05) is 12.1 Å². The number of ether oxygens (including phenoxy) is 2. The number of rotatable bonds is 2. The van der Waals surface area contributed by atoms with Crippen molar-refractivity contribution in [1.29, 1.82) is 5.26 Å². The van der Waals surface area contributed by atoms with Gasteiger partial charge in [0.15, 0.2) is 11.5 Å². The Hall–Kier alpha value is -2.36. The molecule has 0 saturated heterocycles. The number of hydrogen-bond donors (Lipinski definition) is 0. The molecule has 25 heavy (non-hydrogen) atoms. The number of para-hydroxylation sites is 1. The van der Waals surface area contributed by atoms with Gasteiger partial charge < -0.3 is 9.47 Å². The van der Waals surface area contributed by atoms with Gasteiger partial charge in [0, 0.05) is 6.42 Å². The van der Waals surface area contributed by atoms with Crippen LogP contribution in [0.1, 0.15) is 17.0 Å². The third-order valence-electron chi connectivity index (χ3n) is 3.78. The van der Waals surface area contributed by atoms with Crippen LogP contribution in [-0.4, -0.2) is 18.2 Å². The first-order valence-corrected chi connectivity index (χ1v) is 9.42. The minimum Gasteiger partial charge on any atom is -0.489 e. The zero-order valence-electron chi connectivity index (χ0n) is 13.2. The van der Waals surface area contributed by atoms with E-state index in [9.17, 15) is 5.26 Å². The highest BCUT2D eigenvalue weighted by molar-refractivity contribution is 9.10. The smallest absolute Gasteiger partial charge is 0.175 e. The van der Waals surface area contributed by atoms with Gasteiger partial charge in [-0.2, -0.15) is 5.26 Å². The van der Waals surface area contributed by atoms with Gasteiger partial charge in [-0.05, 0) is 51.8 Å². The lowest BCUT2D eigenvalue weighted by atomic mass is 10.1. The summed E-state index contributed by atoms with van der Waals surface area (Å²) in [6.07, 6.45) is 2.68. The van der Waals surface area contributed by atoms with E-state index >= 15 is 0 Å². The molecule has 2 aromatic carbocycles. The van der Waals surface area contributed by atoms with Gasteiger partial charge in [0.05, 0.1) is 33.5 Å². The summed E-state index contributed by atoms with van der Waals surface area (Å²) in [7, 11) is 0. The lowest BCUT2D eigenvalue weighted by molar-refractivity contribution is 0.296. The zero-order chi connectivity index (χ0) is 17.2. The van der Waals surface area contributed by atoms with Crippen LogP contribution in [0.15, 0.2) is 40.9 Å². The van der Waals surface area contributed by atoms with E-state index in [1.807, 2.05) is 42.5 Å². The predicted octanol–water partition coefficient (Wildman–Crippen LogP) is 5.28. The van der Waals surface area contributed by atoms with Crippen LogP contribution in [-0.2, 0) is 0 Å². The predicted molar refractivity (Wildman–Crippen MR) is 103 cm³/mol. The van der Waals surface area contributed by atoms with Gasteiger partial charge in [-0.3, -0.25) is 0 Å². The number of halogens is 1. The monoisotopic (exact) mass is 412 g/mol. The molecule has 1 aromatic heterocycles. The Morgan fingerprint density at radius 2 is 2.08 bits per heavy atom. The van der Waals surface area contributed by atoms with Gasteiger partial charge >= 0.3 is 0 Å². The van der Waals surface area contributed by atoms with Crippen LogP contribution in [0, 0.1) is 11.3 Å². The van der Waals surface area contributed by atoms with Gasteiger partial charge in [0.2, 0.25) is 0 Å². The summed E-state index contributed by atoms with van der Waals surface area (Å²) in [6, 6.07) is 14.0. The van der Waals surface area contributed by atoms with Crippen LogP contribution in [0.25, 0.3) is 21.9 Å². The standard InChI is InChI=1S/C19H13BrN2O2S/c20-14-9-12(10-16-18(14)24-7-3-6-23-16)8-13(11-21)19-22-15-4-1-2-5-17(15)25-19/h1-2,4-5,8-10H,3,6-7H2/b13-8-. The number of benzene rings is 2. The van der Waals surface area contributed by atoms with Crippen LogP contribution >= 0.6 is 27.3 Å². The van der Waals surface area contributed by atoms with Crippen LogP contribution in [0.5, 0.6) is 11.5 Å². The molecule has 4 rings (SSSR count). The number of allylic oxidation sites excluding steroid dienone is 1. The fourth-order valence-corrected chi connectivity index (χ4v) is 4.14. The topological polar surface area (TPSA) is 55.1 Å². The molecule has 0 spiro atoms. The van der Waals surface area contributed by atoms with Gasteiger partial charge in [-0.25, -0.2) is 4.98 Å². The summed E-state index contributed by atoms with van der Waals surface area (Å²) in [6.45, 7) is 1.26. The third kappa shape index (κ3) is 3.26. The van der Waals surface area contributed by atoms with Crippen molar-refractivity contribution < 1.29 is 9.47 Å². The number of hydrogen-bond acceptors (Lipinski definition) is 5. The lowest BCUT2D eigenvalue weighted by Gasteiger charge is -2.10. The molecule has 124 valence electrons. The Kier molecular flexibility index (Phi) is 4.43. The second-order valence-corrected chi connectivity index (χ2v) is 7.42. The van der Waals surface area contributed by atoms with Crippen LogP contribution < -0.4 is 9.47 Å². The van der Waals surface area contributed by atoms with Crippen molar-refractivity contribution in [2.45, 2.75) is 6.42 Å². The molecule has 6 heteroatoms. The number of thiazole rings is 1. The van der Waals surface area contributed by atoms with E-state index in [1.165, 1.54) is 11.3 Å². The first kappa shape index (κ1) is 16.1. The maximum Gasteiger partial charge on any atom is 0.175 e. The van der Waals surface area contributed by atoms with Crippen molar-refractivity contribution in [3.8, 4) is 17.6 Å². The largest absolute Gasteiger partial charge is 0.489 e. The van der Waals surface area contributed by atoms with E-state index in [1.54, 1.807) is 0 Å². The molecule has 0 N–H and O–H groups in total. The maximum absolute atomic E-state index is 9.60. The summed E-state index contributed by atoms with van der Waals surface area (Å²) in [5.41, 5.74) is 2.30. The molecule has 0 aliphatic carbocycles. The molecule has 0 unspecified atom stereocenters. The van der Waals surface area contributed by atoms with E-state index in [4.69, 9.17) is 9.47 Å². The molecular formula is C19H13BrN2O2S. The molecule has 4 nitrogen and oxygen atoms in total. The number of fused-ring (bicyclic) bond motifs is 2. The Morgan fingerprint density at radius 1 is 1.24 bits per heavy atom. The van der Waals surface area contributed by atoms with E-state index in [0.717, 1.165) is 26.7 Å². The van der Waals surface area contributed by atoms with Crippen molar-refractivity contribution in [1.82, 2.24) is 4.98 Å². The summed E-state index contributed by atoms with van der Waals surface area (Å²) >= 11 is 5.05. The molecule has 3 aromatic rings. The third-order valence-corrected chi connectivity index (χ3v) is 5.44. The van der Waals surface area contributed by atoms with Crippen molar-refractivity contribution in [2.24, 2.45) is 0 Å². The number of nitriles is 1. The highest BCUT2D eigenvalue weighted by Gasteiger charge is 2.16. The van der Waals surface area contributed by atoms with Gasteiger partial charge in [0.25, 0.3) is 0 Å². The highest BCUT2D eigenvalue weighted by Crippen LogP contribution is 2.39. The van der Waals surface area contributed by atoms with E-state index in [0.29, 0.717) is 35.3 Å². The first-order chi connectivity index (χ1) is 12.2. The molecule has 1 aliphatic heterocycles. The van der Waals surface area contributed by atoms with Gasteiger partial charge in [0.1, 0.15) is 11.1 Å². The lowest BCUT2D eigenvalue weighted by Crippen LogP contribution is -1.97. The minimum atomic E-state index is 0.530. The average Bonchev–Trinajstić information content (AvgIpc) is 2.90. The second-order valence-electron chi connectivity index (χ2n) is 5.54. The van der Waals surface area contributed by atoms with Crippen molar-refractivity contribution in [3.63, 3.8) is 0 Å². The molecule has 0 saturated carbocycles. The summed E-state index contributed by atoms with van der Waals surface area (Å²) in [5, 5.41) is 10.3. The zero-order valence-corrected chi connectivity index (χ0v) is 15.6. The Bertz CT molecular complexity index is 987. The Morgan fingerprint density at radius 3 is 2.92 bits per heavy atom. The van der Waals surface area contributed by atoms with Crippen LogP contribution in [0.2, 0.25) is 0 Å². The molecule has 0 bridgehead atoms. The minimum absolute atomic E-state index is 0.530.